The van der Waals surface area contributed by atoms with Gasteiger partial charge < -0.3 is 20.2 Å². The summed E-state index contributed by atoms with van der Waals surface area (Å²) in [7, 11) is 0. The number of aliphatic hydroxyl groups is 3. The second-order valence-electron chi connectivity index (χ2n) is 4.31. The molecule has 1 saturated heterocycles. The molecule has 4 heteroatoms. The van der Waals surface area contributed by atoms with Crippen molar-refractivity contribution >= 4 is 5.69 Å². The van der Waals surface area contributed by atoms with E-state index in [0.29, 0.717) is 13.1 Å². The monoisotopic (exact) mass is 223 g/mol. The number of rotatable bonds is 2. The minimum absolute atomic E-state index is 0.454. The van der Waals surface area contributed by atoms with E-state index in [2.05, 4.69) is 0 Å². The Morgan fingerprint density at radius 1 is 1.12 bits per heavy atom. The highest BCUT2D eigenvalue weighted by atomic mass is 16.3. The third kappa shape index (κ3) is 2.19. The van der Waals surface area contributed by atoms with Gasteiger partial charge in [0.05, 0.1) is 18.3 Å². The van der Waals surface area contributed by atoms with Crippen LogP contribution in [-0.4, -0.2) is 40.6 Å². The van der Waals surface area contributed by atoms with E-state index < -0.39 is 18.3 Å². The van der Waals surface area contributed by atoms with Crippen LogP contribution in [0.3, 0.4) is 0 Å². The highest BCUT2D eigenvalue weighted by molar-refractivity contribution is 5.49. The number of aliphatic hydroxyl groups excluding tert-OH is 3. The number of nitrogens with zero attached hydrogens (tertiary/aromatic N) is 1. The molecule has 0 saturated carbocycles. The smallest absolute Gasteiger partial charge is 0.0990 e. The fourth-order valence-electron chi connectivity index (χ4n) is 1.94. The molecule has 1 aliphatic heterocycles. The lowest BCUT2D eigenvalue weighted by Gasteiger charge is -2.18. The summed E-state index contributed by atoms with van der Waals surface area (Å²) in [6.45, 7) is 2.63. The first-order valence-corrected chi connectivity index (χ1v) is 5.47. The van der Waals surface area contributed by atoms with Crippen molar-refractivity contribution in [3.05, 3.63) is 29.8 Å². The maximum atomic E-state index is 9.44. The highest BCUT2D eigenvalue weighted by Crippen LogP contribution is 2.22. The number of hydrogen-bond acceptors (Lipinski definition) is 4. The molecular weight excluding hydrogens is 206 g/mol. The van der Waals surface area contributed by atoms with Gasteiger partial charge in [-0.15, -0.1) is 0 Å². The summed E-state index contributed by atoms with van der Waals surface area (Å²) in [4.78, 5) is 1.93. The SMILES string of the molecule is CC(O)c1ccc(N2CC(O)C(O)C2)cc1. The van der Waals surface area contributed by atoms with Gasteiger partial charge >= 0.3 is 0 Å². The minimum Gasteiger partial charge on any atom is -0.389 e. The number of anilines is 1. The van der Waals surface area contributed by atoms with Crippen LogP contribution in [0.5, 0.6) is 0 Å². The summed E-state index contributed by atoms with van der Waals surface area (Å²) >= 11 is 0. The molecular formula is C12H17NO3. The Hall–Kier alpha value is -1.10. The normalized spacial score (nSPS) is 27.1. The molecule has 0 aliphatic carbocycles. The van der Waals surface area contributed by atoms with Gasteiger partial charge in [-0.25, -0.2) is 0 Å². The third-order valence-electron chi connectivity index (χ3n) is 3.00. The Morgan fingerprint density at radius 3 is 2.06 bits per heavy atom. The van der Waals surface area contributed by atoms with E-state index in [-0.39, 0.29) is 0 Å². The zero-order valence-electron chi connectivity index (χ0n) is 9.24. The first kappa shape index (κ1) is 11.4. The van der Waals surface area contributed by atoms with Gasteiger partial charge in [0.25, 0.3) is 0 Å². The van der Waals surface area contributed by atoms with E-state index in [1.807, 2.05) is 29.2 Å². The van der Waals surface area contributed by atoms with Gasteiger partial charge in [-0.2, -0.15) is 0 Å². The zero-order valence-corrected chi connectivity index (χ0v) is 9.24. The lowest BCUT2D eigenvalue weighted by atomic mass is 10.1. The maximum absolute atomic E-state index is 9.44. The average molecular weight is 223 g/mol. The molecule has 1 aromatic rings. The summed E-state index contributed by atoms with van der Waals surface area (Å²) in [5.74, 6) is 0. The molecule has 1 fully saturated rings. The second-order valence-corrected chi connectivity index (χ2v) is 4.31. The Morgan fingerprint density at radius 2 is 1.62 bits per heavy atom. The zero-order chi connectivity index (χ0) is 11.7. The van der Waals surface area contributed by atoms with Crippen LogP contribution in [0.25, 0.3) is 0 Å². The molecule has 0 bridgehead atoms. The highest BCUT2D eigenvalue weighted by Gasteiger charge is 2.29. The average Bonchev–Trinajstić information content (AvgIpc) is 2.59. The number of benzene rings is 1. The van der Waals surface area contributed by atoms with Crippen LogP contribution in [0.15, 0.2) is 24.3 Å². The molecule has 3 N–H and O–H groups in total. The van der Waals surface area contributed by atoms with E-state index in [4.69, 9.17) is 0 Å². The Balaban J connectivity index is 2.11. The third-order valence-corrected chi connectivity index (χ3v) is 3.00. The van der Waals surface area contributed by atoms with Crippen molar-refractivity contribution in [2.45, 2.75) is 25.2 Å². The molecule has 1 aromatic carbocycles. The molecule has 1 aliphatic rings. The first-order chi connectivity index (χ1) is 7.58. The molecule has 0 amide bonds. The Labute approximate surface area is 94.8 Å². The molecule has 2 rings (SSSR count). The van der Waals surface area contributed by atoms with E-state index in [0.717, 1.165) is 11.3 Å². The van der Waals surface area contributed by atoms with Crippen LogP contribution in [0.4, 0.5) is 5.69 Å². The molecule has 0 aromatic heterocycles. The van der Waals surface area contributed by atoms with Gasteiger partial charge in [-0.1, -0.05) is 12.1 Å². The molecule has 4 nitrogen and oxygen atoms in total. The van der Waals surface area contributed by atoms with Crippen molar-refractivity contribution in [1.29, 1.82) is 0 Å². The second kappa shape index (κ2) is 4.41. The van der Waals surface area contributed by atoms with E-state index in [9.17, 15) is 15.3 Å². The molecule has 0 radical (unpaired) electrons. The van der Waals surface area contributed by atoms with Gasteiger partial charge in [0.15, 0.2) is 0 Å². The van der Waals surface area contributed by atoms with Gasteiger partial charge in [0, 0.05) is 18.8 Å². The topological polar surface area (TPSA) is 63.9 Å². The largest absolute Gasteiger partial charge is 0.389 e. The maximum Gasteiger partial charge on any atom is 0.0990 e. The molecule has 3 unspecified atom stereocenters. The quantitative estimate of drug-likeness (QED) is 0.674. The van der Waals surface area contributed by atoms with Crippen molar-refractivity contribution in [3.63, 3.8) is 0 Å². The van der Waals surface area contributed by atoms with Crippen LogP contribution in [-0.2, 0) is 0 Å². The Bertz CT molecular complexity index is 340. The summed E-state index contributed by atoms with van der Waals surface area (Å²) in [5.41, 5.74) is 1.82. The van der Waals surface area contributed by atoms with Crippen molar-refractivity contribution in [2.24, 2.45) is 0 Å². The molecule has 88 valence electrons. The standard InChI is InChI=1S/C12H17NO3/c1-8(14)9-2-4-10(5-3-9)13-6-11(15)12(16)7-13/h2-5,8,11-12,14-16H,6-7H2,1H3. The summed E-state index contributed by atoms with van der Waals surface area (Å²) in [6, 6.07) is 7.51. The van der Waals surface area contributed by atoms with Crippen LogP contribution in [0.1, 0.15) is 18.6 Å². The fraction of sp³-hybridized carbons (Fsp3) is 0.500. The lowest BCUT2D eigenvalue weighted by Crippen LogP contribution is -2.22. The Kier molecular flexibility index (Phi) is 3.14. The van der Waals surface area contributed by atoms with Gasteiger partial charge in [-0.05, 0) is 24.6 Å². The van der Waals surface area contributed by atoms with Crippen LogP contribution < -0.4 is 4.90 Å². The van der Waals surface area contributed by atoms with E-state index in [1.54, 1.807) is 6.92 Å². The van der Waals surface area contributed by atoms with Crippen molar-refractivity contribution in [1.82, 2.24) is 0 Å². The molecule has 3 atom stereocenters. The summed E-state index contributed by atoms with van der Waals surface area (Å²) < 4.78 is 0. The summed E-state index contributed by atoms with van der Waals surface area (Å²) in [5, 5.41) is 28.3. The first-order valence-electron chi connectivity index (χ1n) is 5.47. The molecule has 16 heavy (non-hydrogen) atoms. The van der Waals surface area contributed by atoms with Gasteiger partial charge in [0.1, 0.15) is 0 Å². The van der Waals surface area contributed by atoms with E-state index in [1.165, 1.54) is 0 Å². The van der Waals surface area contributed by atoms with Crippen molar-refractivity contribution < 1.29 is 15.3 Å². The van der Waals surface area contributed by atoms with Crippen molar-refractivity contribution in [3.8, 4) is 0 Å². The number of hydrogen-bond donors (Lipinski definition) is 3. The van der Waals surface area contributed by atoms with Crippen molar-refractivity contribution in [2.75, 3.05) is 18.0 Å². The summed E-state index contributed by atoms with van der Waals surface area (Å²) in [6.07, 6.45) is -1.81. The van der Waals surface area contributed by atoms with Crippen LogP contribution in [0, 0.1) is 0 Å². The van der Waals surface area contributed by atoms with Crippen LogP contribution >= 0.6 is 0 Å². The predicted octanol–water partition coefficient (Wildman–Crippen LogP) is 0.282. The van der Waals surface area contributed by atoms with Gasteiger partial charge in [-0.3, -0.25) is 0 Å². The predicted molar refractivity (Wildman–Crippen MR) is 61.3 cm³/mol. The van der Waals surface area contributed by atoms with Gasteiger partial charge in [0.2, 0.25) is 0 Å². The minimum atomic E-state index is -0.670. The fourth-order valence-corrected chi connectivity index (χ4v) is 1.94. The lowest BCUT2D eigenvalue weighted by molar-refractivity contribution is 0.0572. The van der Waals surface area contributed by atoms with Crippen LogP contribution in [0.2, 0.25) is 0 Å². The number of β-amino-alcohol motifs (C(OH)–C–C–N with tert-alkyl or cyclic N) is 2. The molecule has 1 heterocycles. The molecule has 0 spiro atoms. The van der Waals surface area contributed by atoms with E-state index >= 15 is 0 Å².